The van der Waals surface area contributed by atoms with Gasteiger partial charge >= 0.3 is 5.97 Å². The van der Waals surface area contributed by atoms with Crippen molar-refractivity contribution >= 4 is 11.8 Å². The van der Waals surface area contributed by atoms with Gasteiger partial charge in [-0.1, -0.05) is 13.8 Å². The molecule has 0 bridgehead atoms. The van der Waals surface area contributed by atoms with Gasteiger partial charge in [-0.15, -0.1) is 0 Å². The minimum Gasteiger partial charge on any atom is -0.476 e. The highest BCUT2D eigenvalue weighted by atomic mass is 16.4. The van der Waals surface area contributed by atoms with Gasteiger partial charge in [0.2, 0.25) is 0 Å². The number of anilines is 1. The van der Waals surface area contributed by atoms with Gasteiger partial charge in [0.15, 0.2) is 5.69 Å². The van der Waals surface area contributed by atoms with Gasteiger partial charge in [-0.25, -0.2) is 9.78 Å². The minimum atomic E-state index is -1.12. The van der Waals surface area contributed by atoms with E-state index < -0.39 is 5.97 Å². The number of hydrogen-bond acceptors (Lipinski definition) is 5. The minimum absolute atomic E-state index is 0.0306. The van der Waals surface area contributed by atoms with E-state index in [0.29, 0.717) is 11.7 Å². The molecule has 1 aromatic heterocycles. The van der Waals surface area contributed by atoms with Crippen LogP contribution < -0.4 is 5.32 Å². The predicted octanol–water partition coefficient (Wildman–Crippen LogP) is 0.994. The van der Waals surface area contributed by atoms with Crippen LogP contribution in [-0.2, 0) is 0 Å². The van der Waals surface area contributed by atoms with E-state index in [9.17, 15) is 9.90 Å². The predicted molar refractivity (Wildman–Crippen MR) is 62.9 cm³/mol. The molecule has 0 aliphatic carbocycles. The summed E-state index contributed by atoms with van der Waals surface area (Å²) < 4.78 is 0. The maximum atomic E-state index is 10.7. The second-order valence-corrected chi connectivity index (χ2v) is 4.25. The Labute approximate surface area is 99.7 Å². The first-order valence-corrected chi connectivity index (χ1v) is 5.45. The molecule has 0 aromatic carbocycles. The van der Waals surface area contributed by atoms with E-state index in [4.69, 9.17) is 5.11 Å². The number of carboxylic acid groups (broad SMARTS) is 1. The maximum absolute atomic E-state index is 10.7. The Morgan fingerprint density at radius 3 is 2.71 bits per heavy atom. The van der Waals surface area contributed by atoms with Crippen molar-refractivity contribution in [3.8, 4) is 0 Å². The normalized spacial score (nSPS) is 12.5. The molecule has 0 amide bonds. The number of carboxylic acids is 1. The Morgan fingerprint density at radius 2 is 2.18 bits per heavy atom. The summed E-state index contributed by atoms with van der Waals surface area (Å²) in [6.45, 7) is 4.06. The molecule has 6 nitrogen and oxygen atoms in total. The molecule has 1 aromatic rings. The number of carbonyl (C=O) groups is 1. The molecule has 0 saturated heterocycles. The van der Waals surface area contributed by atoms with E-state index in [1.165, 1.54) is 12.4 Å². The van der Waals surface area contributed by atoms with Crippen molar-refractivity contribution in [1.82, 2.24) is 9.97 Å². The molecule has 0 aliphatic rings. The standard InChI is InChI=1S/C11H17N3O3/c1-7(2)3-8(6-15)13-10-5-12-4-9(14-10)11(16)17/h4-5,7-8,15H,3,6H2,1-2H3,(H,13,14)(H,16,17). The molecule has 6 heteroatoms. The molecule has 0 radical (unpaired) electrons. The average Bonchev–Trinajstić information content (AvgIpc) is 2.28. The van der Waals surface area contributed by atoms with Gasteiger partial charge < -0.3 is 15.5 Å². The van der Waals surface area contributed by atoms with Crippen LogP contribution in [0.15, 0.2) is 12.4 Å². The molecule has 1 atom stereocenters. The summed E-state index contributed by atoms with van der Waals surface area (Å²) in [5, 5.41) is 20.9. The summed E-state index contributed by atoms with van der Waals surface area (Å²) in [4.78, 5) is 18.4. The molecule has 3 N–H and O–H groups in total. The molecule has 1 heterocycles. The number of aromatic nitrogens is 2. The third-order valence-electron chi connectivity index (χ3n) is 2.18. The highest BCUT2D eigenvalue weighted by Gasteiger charge is 2.12. The lowest BCUT2D eigenvalue weighted by Gasteiger charge is -2.18. The second-order valence-electron chi connectivity index (χ2n) is 4.25. The summed E-state index contributed by atoms with van der Waals surface area (Å²) in [6.07, 6.45) is 3.40. The second kappa shape index (κ2) is 6.15. The number of rotatable bonds is 6. The fraction of sp³-hybridized carbons (Fsp3) is 0.545. The number of aromatic carboxylic acids is 1. The zero-order chi connectivity index (χ0) is 12.8. The first-order valence-electron chi connectivity index (χ1n) is 5.45. The summed E-state index contributed by atoms with van der Waals surface area (Å²) in [5.74, 6) is -0.328. The number of hydrogen-bond donors (Lipinski definition) is 3. The van der Waals surface area contributed by atoms with E-state index in [1.807, 2.05) is 13.8 Å². The molecule has 0 spiro atoms. The average molecular weight is 239 g/mol. The molecule has 0 saturated carbocycles. The van der Waals surface area contributed by atoms with Crippen LogP contribution in [-0.4, -0.2) is 38.8 Å². The fourth-order valence-electron chi connectivity index (χ4n) is 1.50. The monoisotopic (exact) mass is 239 g/mol. The van der Waals surface area contributed by atoms with Gasteiger partial charge in [-0.3, -0.25) is 4.98 Å². The zero-order valence-electron chi connectivity index (χ0n) is 9.92. The Kier molecular flexibility index (Phi) is 4.84. The number of nitrogens with one attached hydrogen (secondary N) is 1. The topological polar surface area (TPSA) is 95.3 Å². The van der Waals surface area contributed by atoms with Crippen LogP contribution in [0.3, 0.4) is 0 Å². The molecule has 0 fully saturated rings. The van der Waals surface area contributed by atoms with Gasteiger partial charge in [0, 0.05) is 0 Å². The van der Waals surface area contributed by atoms with Gasteiger partial charge in [0.05, 0.1) is 25.0 Å². The molecule has 94 valence electrons. The van der Waals surface area contributed by atoms with E-state index >= 15 is 0 Å². The quantitative estimate of drug-likeness (QED) is 0.685. The highest BCUT2D eigenvalue weighted by molar-refractivity contribution is 5.85. The summed E-state index contributed by atoms with van der Waals surface area (Å²) >= 11 is 0. The molecule has 0 aliphatic heterocycles. The summed E-state index contributed by atoms with van der Waals surface area (Å²) in [6, 6.07) is -0.145. The molecule has 1 rings (SSSR count). The number of aliphatic hydroxyl groups excluding tert-OH is 1. The molecule has 1 unspecified atom stereocenters. The van der Waals surface area contributed by atoms with Crippen molar-refractivity contribution in [2.75, 3.05) is 11.9 Å². The van der Waals surface area contributed by atoms with Crippen LogP contribution in [0.5, 0.6) is 0 Å². The first kappa shape index (κ1) is 13.4. The summed E-state index contributed by atoms with van der Waals surface area (Å²) in [5.41, 5.74) is -0.115. The van der Waals surface area contributed by atoms with E-state index in [-0.39, 0.29) is 18.3 Å². The molecular weight excluding hydrogens is 222 g/mol. The smallest absolute Gasteiger partial charge is 0.356 e. The Bertz CT molecular complexity index is 382. The van der Waals surface area contributed by atoms with Crippen molar-refractivity contribution in [2.45, 2.75) is 26.3 Å². The van der Waals surface area contributed by atoms with Crippen LogP contribution >= 0.6 is 0 Å². The van der Waals surface area contributed by atoms with Gasteiger partial charge in [-0.05, 0) is 12.3 Å². The van der Waals surface area contributed by atoms with E-state index in [1.54, 1.807) is 0 Å². The van der Waals surface area contributed by atoms with Crippen LogP contribution in [0.1, 0.15) is 30.8 Å². The molecule has 17 heavy (non-hydrogen) atoms. The first-order chi connectivity index (χ1) is 8.02. The third kappa shape index (κ3) is 4.36. The van der Waals surface area contributed by atoms with Crippen LogP contribution in [0.25, 0.3) is 0 Å². The number of aliphatic hydroxyl groups is 1. The Balaban J connectivity index is 2.72. The Hall–Kier alpha value is -1.69. The summed E-state index contributed by atoms with van der Waals surface area (Å²) in [7, 11) is 0. The Morgan fingerprint density at radius 1 is 1.47 bits per heavy atom. The lowest BCUT2D eigenvalue weighted by Crippen LogP contribution is -2.26. The van der Waals surface area contributed by atoms with Crippen molar-refractivity contribution in [3.05, 3.63) is 18.1 Å². The number of nitrogens with zero attached hydrogens (tertiary/aromatic N) is 2. The van der Waals surface area contributed by atoms with Crippen LogP contribution in [0.4, 0.5) is 5.82 Å². The fourth-order valence-corrected chi connectivity index (χ4v) is 1.50. The van der Waals surface area contributed by atoms with Gasteiger partial charge in [0.1, 0.15) is 5.82 Å². The zero-order valence-corrected chi connectivity index (χ0v) is 9.92. The van der Waals surface area contributed by atoms with Crippen molar-refractivity contribution < 1.29 is 15.0 Å². The third-order valence-corrected chi connectivity index (χ3v) is 2.18. The van der Waals surface area contributed by atoms with Crippen molar-refractivity contribution in [1.29, 1.82) is 0 Å². The highest BCUT2D eigenvalue weighted by Crippen LogP contribution is 2.10. The largest absolute Gasteiger partial charge is 0.476 e. The SMILES string of the molecule is CC(C)CC(CO)Nc1cncc(C(=O)O)n1. The van der Waals surface area contributed by atoms with Gasteiger partial charge in [0.25, 0.3) is 0 Å². The van der Waals surface area contributed by atoms with Crippen LogP contribution in [0, 0.1) is 5.92 Å². The van der Waals surface area contributed by atoms with Gasteiger partial charge in [-0.2, -0.15) is 0 Å². The van der Waals surface area contributed by atoms with E-state index in [0.717, 1.165) is 6.42 Å². The molecular formula is C11H17N3O3. The van der Waals surface area contributed by atoms with Crippen molar-refractivity contribution in [2.24, 2.45) is 5.92 Å². The lowest BCUT2D eigenvalue weighted by molar-refractivity contribution is 0.0690. The van der Waals surface area contributed by atoms with Crippen LogP contribution in [0.2, 0.25) is 0 Å². The lowest BCUT2D eigenvalue weighted by atomic mass is 10.0. The van der Waals surface area contributed by atoms with E-state index in [2.05, 4.69) is 15.3 Å². The maximum Gasteiger partial charge on any atom is 0.356 e. The van der Waals surface area contributed by atoms with Crippen molar-refractivity contribution in [3.63, 3.8) is 0 Å².